The third kappa shape index (κ3) is 2.48. The Balaban J connectivity index is 1.82. The number of hydrogen-bond acceptors (Lipinski definition) is 2. The molecule has 20 heavy (non-hydrogen) atoms. The highest BCUT2D eigenvalue weighted by Gasteiger charge is 2.17. The van der Waals surface area contributed by atoms with E-state index in [1.807, 2.05) is 30.3 Å². The lowest BCUT2D eigenvalue weighted by atomic mass is 9.90. The van der Waals surface area contributed by atoms with E-state index in [9.17, 15) is 9.59 Å². The van der Waals surface area contributed by atoms with Crippen molar-refractivity contribution >= 4 is 17.4 Å². The van der Waals surface area contributed by atoms with Crippen LogP contribution in [-0.4, -0.2) is 11.7 Å². The Kier molecular flexibility index (Phi) is 3.33. The van der Waals surface area contributed by atoms with Crippen molar-refractivity contribution in [3.8, 4) is 0 Å². The van der Waals surface area contributed by atoms with Crippen molar-refractivity contribution in [2.75, 3.05) is 5.32 Å². The number of amides is 1. The molecule has 2 aromatic carbocycles. The number of hydrogen-bond donors (Lipinski definition) is 1. The molecule has 3 nitrogen and oxygen atoms in total. The van der Waals surface area contributed by atoms with Gasteiger partial charge >= 0.3 is 0 Å². The average molecular weight is 265 g/mol. The first-order chi connectivity index (χ1) is 9.74. The molecule has 0 heterocycles. The Hall–Kier alpha value is -2.42. The van der Waals surface area contributed by atoms with Crippen LogP contribution in [0.1, 0.15) is 39.1 Å². The molecule has 0 unspecified atom stereocenters. The van der Waals surface area contributed by atoms with Crippen molar-refractivity contribution in [1.82, 2.24) is 0 Å². The highest BCUT2D eigenvalue weighted by molar-refractivity contribution is 6.05. The van der Waals surface area contributed by atoms with Crippen LogP contribution in [0.2, 0.25) is 0 Å². The summed E-state index contributed by atoms with van der Waals surface area (Å²) < 4.78 is 0. The maximum absolute atomic E-state index is 12.1. The van der Waals surface area contributed by atoms with Gasteiger partial charge in [-0.3, -0.25) is 9.59 Å². The Labute approximate surface area is 117 Å². The molecule has 3 rings (SSSR count). The van der Waals surface area contributed by atoms with Crippen LogP contribution >= 0.6 is 0 Å². The first-order valence-electron chi connectivity index (χ1n) is 6.76. The van der Waals surface area contributed by atoms with E-state index in [0.29, 0.717) is 12.0 Å². The van der Waals surface area contributed by atoms with Crippen LogP contribution in [0.15, 0.2) is 48.5 Å². The lowest BCUT2D eigenvalue weighted by Gasteiger charge is -2.16. The van der Waals surface area contributed by atoms with Gasteiger partial charge in [-0.05, 0) is 48.7 Å². The molecule has 0 aliphatic heterocycles. The van der Waals surface area contributed by atoms with E-state index in [2.05, 4.69) is 5.32 Å². The SMILES string of the molecule is O=C(Nc1ccc2c(c1)CCCC2=O)c1ccccc1. The molecule has 3 heteroatoms. The van der Waals surface area contributed by atoms with Gasteiger partial charge in [0.05, 0.1) is 0 Å². The van der Waals surface area contributed by atoms with Gasteiger partial charge in [0.2, 0.25) is 0 Å². The summed E-state index contributed by atoms with van der Waals surface area (Å²) in [7, 11) is 0. The largest absolute Gasteiger partial charge is 0.322 e. The van der Waals surface area contributed by atoms with E-state index < -0.39 is 0 Å². The first kappa shape index (κ1) is 12.6. The van der Waals surface area contributed by atoms with Crippen LogP contribution in [0.3, 0.4) is 0 Å². The Morgan fingerprint density at radius 3 is 2.60 bits per heavy atom. The highest BCUT2D eigenvalue weighted by Crippen LogP contribution is 2.24. The Morgan fingerprint density at radius 1 is 1.00 bits per heavy atom. The van der Waals surface area contributed by atoms with E-state index in [4.69, 9.17) is 0 Å². The van der Waals surface area contributed by atoms with E-state index in [1.165, 1.54) is 0 Å². The van der Waals surface area contributed by atoms with E-state index in [1.54, 1.807) is 18.2 Å². The van der Waals surface area contributed by atoms with Gasteiger partial charge in [-0.1, -0.05) is 18.2 Å². The van der Waals surface area contributed by atoms with E-state index in [-0.39, 0.29) is 11.7 Å². The Bertz CT molecular complexity index is 662. The molecule has 0 fully saturated rings. The van der Waals surface area contributed by atoms with Crippen molar-refractivity contribution in [3.63, 3.8) is 0 Å². The summed E-state index contributed by atoms with van der Waals surface area (Å²) in [6.07, 6.45) is 2.42. The van der Waals surface area contributed by atoms with Gasteiger partial charge in [0.1, 0.15) is 0 Å². The molecule has 0 bridgehead atoms. The summed E-state index contributed by atoms with van der Waals surface area (Å²) in [5.74, 6) is 0.0693. The lowest BCUT2D eigenvalue weighted by molar-refractivity contribution is 0.0971. The average Bonchev–Trinajstić information content (AvgIpc) is 2.48. The molecule has 0 aromatic heterocycles. The minimum atomic E-state index is -0.132. The second kappa shape index (κ2) is 5.29. The molecule has 0 saturated carbocycles. The zero-order chi connectivity index (χ0) is 13.9. The quantitative estimate of drug-likeness (QED) is 0.903. The summed E-state index contributed by atoms with van der Waals surface area (Å²) in [5, 5.41) is 2.87. The molecule has 1 aliphatic rings. The molecule has 1 amide bonds. The fourth-order valence-corrected chi connectivity index (χ4v) is 2.52. The minimum Gasteiger partial charge on any atom is -0.322 e. The zero-order valence-corrected chi connectivity index (χ0v) is 11.1. The first-order valence-corrected chi connectivity index (χ1v) is 6.76. The van der Waals surface area contributed by atoms with Crippen LogP contribution in [0.5, 0.6) is 0 Å². The summed E-state index contributed by atoms with van der Waals surface area (Å²) >= 11 is 0. The van der Waals surface area contributed by atoms with Crippen molar-refractivity contribution < 1.29 is 9.59 Å². The maximum Gasteiger partial charge on any atom is 0.255 e. The lowest BCUT2D eigenvalue weighted by Crippen LogP contribution is -2.14. The van der Waals surface area contributed by atoms with E-state index in [0.717, 1.165) is 29.7 Å². The van der Waals surface area contributed by atoms with Gasteiger partial charge in [0.15, 0.2) is 5.78 Å². The highest BCUT2D eigenvalue weighted by atomic mass is 16.1. The van der Waals surface area contributed by atoms with Crippen molar-refractivity contribution in [1.29, 1.82) is 0 Å². The van der Waals surface area contributed by atoms with Crippen LogP contribution in [-0.2, 0) is 6.42 Å². The predicted octanol–water partition coefficient (Wildman–Crippen LogP) is 3.46. The number of carbonyl (C=O) groups excluding carboxylic acids is 2. The summed E-state index contributed by atoms with van der Waals surface area (Å²) in [4.78, 5) is 23.8. The minimum absolute atomic E-state index is 0.132. The van der Waals surface area contributed by atoms with Gasteiger partial charge in [-0.2, -0.15) is 0 Å². The molecule has 1 N–H and O–H groups in total. The summed E-state index contributed by atoms with van der Waals surface area (Å²) in [6, 6.07) is 14.6. The van der Waals surface area contributed by atoms with Crippen LogP contribution < -0.4 is 5.32 Å². The molecule has 0 atom stereocenters. The molecule has 100 valence electrons. The predicted molar refractivity (Wildman–Crippen MR) is 78.1 cm³/mol. The number of carbonyl (C=O) groups is 2. The van der Waals surface area contributed by atoms with Gasteiger partial charge in [0, 0.05) is 23.2 Å². The fraction of sp³-hybridized carbons (Fsp3) is 0.176. The van der Waals surface area contributed by atoms with Crippen LogP contribution in [0, 0.1) is 0 Å². The van der Waals surface area contributed by atoms with E-state index >= 15 is 0 Å². The van der Waals surface area contributed by atoms with Gasteiger partial charge < -0.3 is 5.32 Å². The smallest absolute Gasteiger partial charge is 0.255 e. The van der Waals surface area contributed by atoms with Crippen molar-refractivity contribution in [2.45, 2.75) is 19.3 Å². The normalized spacial score (nSPS) is 13.7. The number of rotatable bonds is 2. The number of fused-ring (bicyclic) bond motifs is 1. The zero-order valence-electron chi connectivity index (χ0n) is 11.1. The molecular weight excluding hydrogens is 250 g/mol. The van der Waals surface area contributed by atoms with Crippen molar-refractivity contribution in [3.05, 3.63) is 65.2 Å². The molecule has 2 aromatic rings. The monoisotopic (exact) mass is 265 g/mol. The second-order valence-electron chi connectivity index (χ2n) is 4.97. The standard InChI is InChI=1S/C17H15NO2/c19-16-8-4-7-13-11-14(9-10-15(13)16)18-17(20)12-5-2-1-3-6-12/h1-3,5-6,9-11H,4,7-8H2,(H,18,20). The second-order valence-corrected chi connectivity index (χ2v) is 4.97. The number of benzene rings is 2. The van der Waals surface area contributed by atoms with Crippen molar-refractivity contribution in [2.24, 2.45) is 0 Å². The number of anilines is 1. The third-order valence-corrected chi connectivity index (χ3v) is 3.55. The number of Topliss-reactive ketones (excluding diaryl/α,β-unsaturated/α-hetero) is 1. The molecular formula is C17H15NO2. The molecule has 0 saturated heterocycles. The topological polar surface area (TPSA) is 46.2 Å². The summed E-state index contributed by atoms with van der Waals surface area (Å²) in [5.41, 5.74) is 3.20. The Morgan fingerprint density at radius 2 is 1.80 bits per heavy atom. The molecule has 1 aliphatic carbocycles. The van der Waals surface area contributed by atoms with Gasteiger partial charge in [0.25, 0.3) is 5.91 Å². The third-order valence-electron chi connectivity index (χ3n) is 3.55. The molecule has 0 spiro atoms. The maximum atomic E-state index is 12.1. The number of nitrogens with one attached hydrogen (secondary N) is 1. The molecule has 0 radical (unpaired) electrons. The fourth-order valence-electron chi connectivity index (χ4n) is 2.52. The van der Waals surface area contributed by atoms with Crippen LogP contribution in [0.4, 0.5) is 5.69 Å². The summed E-state index contributed by atoms with van der Waals surface area (Å²) in [6.45, 7) is 0. The number of ketones is 1. The van der Waals surface area contributed by atoms with Crippen LogP contribution in [0.25, 0.3) is 0 Å². The number of aryl methyl sites for hydroxylation is 1. The van der Waals surface area contributed by atoms with Gasteiger partial charge in [-0.25, -0.2) is 0 Å². The van der Waals surface area contributed by atoms with Gasteiger partial charge in [-0.15, -0.1) is 0 Å².